The number of ether oxygens (including phenoxy) is 2. The Labute approximate surface area is 255 Å². The van der Waals surface area contributed by atoms with E-state index in [-0.39, 0.29) is 42.5 Å². The number of rotatable bonds is 2. The van der Waals surface area contributed by atoms with E-state index >= 15 is 0 Å². The van der Waals surface area contributed by atoms with Crippen molar-refractivity contribution in [3.05, 3.63) is 65.2 Å². The third kappa shape index (κ3) is 5.53. The molecular weight excluding hydrogens is 562 g/mol. The molecule has 230 valence electrons. The average molecular weight is 600 g/mol. The average Bonchev–Trinajstić information content (AvgIpc) is 3.38. The van der Waals surface area contributed by atoms with Crippen LogP contribution in [0.25, 0.3) is 10.9 Å². The van der Waals surface area contributed by atoms with E-state index in [4.69, 9.17) is 14.5 Å². The number of alkyl carbamates (subject to hydrolysis) is 1. The van der Waals surface area contributed by atoms with E-state index < -0.39 is 36.2 Å². The second-order valence-corrected chi connectivity index (χ2v) is 12.7. The van der Waals surface area contributed by atoms with Gasteiger partial charge in [0.15, 0.2) is 0 Å². The molecule has 3 N–H and O–H groups in total. The van der Waals surface area contributed by atoms with Crippen molar-refractivity contribution in [2.24, 2.45) is 11.8 Å². The van der Waals surface area contributed by atoms with E-state index in [1.54, 1.807) is 6.07 Å². The molecule has 2 bridgehead atoms. The summed E-state index contributed by atoms with van der Waals surface area (Å²) in [4.78, 5) is 45.9. The Morgan fingerprint density at radius 3 is 2.45 bits per heavy atom. The van der Waals surface area contributed by atoms with Crippen LogP contribution < -0.4 is 10.1 Å². The maximum Gasteiger partial charge on any atom is 0.408 e. The molecule has 10 heteroatoms. The van der Waals surface area contributed by atoms with Crippen LogP contribution >= 0.6 is 0 Å². The summed E-state index contributed by atoms with van der Waals surface area (Å²) in [5.74, 6) is -1.15. The van der Waals surface area contributed by atoms with Crippen molar-refractivity contribution < 1.29 is 34.1 Å². The van der Waals surface area contributed by atoms with Crippen molar-refractivity contribution in [2.75, 3.05) is 6.54 Å². The van der Waals surface area contributed by atoms with Crippen LogP contribution in [0.1, 0.15) is 55.2 Å². The van der Waals surface area contributed by atoms with Crippen LogP contribution in [0, 0.1) is 11.8 Å². The lowest BCUT2D eigenvalue weighted by atomic mass is 9.95. The number of aliphatic carboxylic acids is 1. The van der Waals surface area contributed by atoms with Crippen LogP contribution in [0.3, 0.4) is 0 Å². The van der Waals surface area contributed by atoms with Crippen molar-refractivity contribution in [3.8, 4) is 11.6 Å². The number of nitrogens with zero attached hydrogens (tertiary/aromatic N) is 2. The summed E-state index contributed by atoms with van der Waals surface area (Å²) in [6, 6.07) is 13.2. The fourth-order valence-corrected chi connectivity index (χ4v) is 7.29. The molecule has 5 atom stereocenters. The summed E-state index contributed by atoms with van der Waals surface area (Å²) >= 11 is 0. The molecule has 2 aliphatic heterocycles. The number of benzene rings is 2. The van der Waals surface area contributed by atoms with Crippen molar-refractivity contribution in [3.63, 3.8) is 0 Å². The van der Waals surface area contributed by atoms with Crippen molar-refractivity contribution in [2.45, 2.75) is 82.1 Å². The Kier molecular flexibility index (Phi) is 7.52. The Morgan fingerprint density at radius 2 is 1.68 bits per heavy atom. The summed E-state index contributed by atoms with van der Waals surface area (Å²) in [5, 5.41) is 25.0. The maximum atomic E-state index is 14.2. The highest BCUT2D eigenvalue weighted by Gasteiger charge is 2.47. The van der Waals surface area contributed by atoms with Crippen molar-refractivity contribution in [1.29, 1.82) is 0 Å². The number of para-hydroxylation sites is 1. The monoisotopic (exact) mass is 599 g/mol. The van der Waals surface area contributed by atoms with Crippen LogP contribution in [-0.4, -0.2) is 68.9 Å². The number of pyridine rings is 1. The summed E-state index contributed by atoms with van der Waals surface area (Å²) < 4.78 is 12.1. The SMILES string of the molecule is O=C1N[C@@H](C2Cc3ccccc3C2)C(=O)N2C[C@@H](C[C@H]2C(=O)O)Oc2nc3ccccc3c(O)c2CCCCC[C@@H]2C[C@H]2O1. The molecule has 1 aromatic heterocycles. The van der Waals surface area contributed by atoms with Gasteiger partial charge in [-0.05, 0) is 73.6 Å². The smallest absolute Gasteiger partial charge is 0.408 e. The molecule has 7 rings (SSSR count). The number of aromatic nitrogens is 1. The summed E-state index contributed by atoms with van der Waals surface area (Å²) in [7, 11) is 0. The second kappa shape index (κ2) is 11.6. The van der Waals surface area contributed by atoms with Crippen LogP contribution in [-0.2, 0) is 33.6 Å². The summed E-state index contributed by atoms with van der Waals surface area (Å²) in [6.45, 7) is 0.0160. The third-order valence-corrected chi connectivity index (χ3v) is 9.75. The van der Waals surface area contributed by atoms with E-state index in [0.29, 0.717) is 35.7 Å². The van der Waals surface area contributed by atoms with Gasteiger partial charge in [-0.15, -0.1) is 0 Å². The first-order chi connectivity index (χ1) is 21.4. The summed E-state index contributed by atoms with van der Waals surface area (Å²) in [5.41, 5.74) is 3.42. The molecule has 0 radical (unpaired) electrons. The predicted molar refractivity (Wildman–Crippen MR) is 160 cm³/mol. The van der Waals surface area contributed by atoms with Gasteiger partial charge in [0.1, 0.15) is 30.0 Å². The number of carbonyl (C=O) groups is 3. The van der Waals surface area contributed by atoms with Gasteiger partial charge in [-0.3, -0.25) is 4.79 Å². The van der Waals surface area contributed by atoms with Gasteiger partial charge in [-0.25, -0.2) is 14.6 Å². The first kappa shape index (κ1) is 28.4. The van der Waals surface area contributed by atoms with E-state index in [2.05, 4.69) is 5.32 Å². The molecule has 44 heavy (non-hydrogen) atoms. The van der Waals surface area contributed by atoms with Crippen LogP contribution in [0.2, 0.25) is 0 Å². The molecule has 3 heterocycles. The summed E-state index contributed by atoms with van der Waals surface area (Å²) in [6.07, 6.45) is 4.74. The Hall–Kier alpha value is -4.34. The molecule has 10 nitrogen and oxygen atoms in total. The number of carbonyl (C=O) groups excluding carboxylic acids is 2. The van der Waals surface area contributed by atoms with E-state index in [1.807, 2.05) is 42.5 Å². The molecule has 2 aromatic carbocycles. The standard InChI is InChI=1S/C34H37N3O7/c38-30-24-11-6-7-13-26(24)35-31-25(30)12-3-1-2-10-21-16-28(21)44-34(42)36-29(22-14-19-8-4-5-9-20(19)15-22)32(39)37-18-23(43-31)17-27(37)33(40)41/h4-9,11,13,21-23,27-29H,1-3,10,12,14-18H2,(H,35,38)(H,36,42)(H,40,41)/t21-,23-,27+,28-,29+/m1/s1. The molecule has 2 aliphatic carbocycles. The van der Waals surface area contributed by atoms with Gasteiger partial charge in [0.25, 0.3) is 0 Å². The van der Waals surface area contributed by atoms with Crippen molar-refractivity contribution in [1.82, 2.24) is 15.2 Å². The van der Waals surface area contributed by atoms with Crippen LogP contribution in [0.4, 0.5) is 4.79 Å². The zero-order valence-electron chi connectivity index (χ0n) is 24.5. The number of hydrogen-bond donors (Lipinski definition) is 3. The Bertz CT molecular complexity index is 1580. The largest absolute Gasteiger partial charge is 0.507 e. The van der Waals surface area contributed by atoms with Gasteiger partial charge in [-0.2, -0.15) is 0 Å². The van der Waals surface area contributed by atoms with E-state index in [0.717, 1.165) is 43.2 Å². The minimum Gasteiger partial charge on any atom is -0.507 e. The second-order valence-electron chi connectivity index (χ2n) is 12.7. The van der Waals surface area contributed by atoms with Gasteiger partial charge in [0.2, 0.25) is 11.8 Å². The number of fused-ring (bicyclic) bond motifs is 6. The molecule has 1 saturated heterocycles. The lowest BCUT2D eigenvalue weighted by molar-refractivity contribution is -0.149. The highest BCUT2D eigenvalue weighted by atomic mass is 16.6. The molecule has 0 unspecified atom stereocenters. The zero-order chi connectivity index (χ0) is 30.4. The number of hydrogen-bond acceptors (Lipinski definition) is 7. The normalized spacial score (nSPS) is 27.6. The van der Waals surface area contributed by atoms with E-state index in [1.165, 1.54) is 4.90 Å². The van der Waals surface area contributed by atoms with Gasteiger partial charge in [0.05, 0.1) is 17.6 Å². The van der Waals surface area contributed by atoms with Gasteiger partial charge < -0.3 is 29.9 Å². The fourth-order valence-electron chi connectivity index (χ4n) is 7.29. The van der Waals surface area contributed by atoms with Gasteiger partial charge >= 0.3 is 12.1 Å². The number of carboxylic acids is 1. The minimum absolute atomic E-state index is 0.0160. The zero-order valence-corrected chi connectivity index (χ0v) is 24.5. The minimum atomic E-state index is -1.14. The highest BCUT2D eigenvalue weighted by molar-refractivity contribution is 5.90. The van der Waals surface area contributed by atoms with Gasteiger partial charge in [0, 0.05) is 11.8 Å². The highest BCUT2D eigenvalue weighted by Crippen LogP contribution is 2.40. The molecule has 2 fully saturated rings. The molecule has 4 aliphatic rings. The third-order valence-electron chi connectivity index (χ3n) is 9.75. The lowest BCUT2D eigenvalue weighted by Crippen LogP contribution is -2.55. The first-order valence-electron chi connectivity index (χ1n) is 15.7. The van der Waals surface area contributed by atoms with E-state index in [9.17, 15) is 24.6 Å². The molecule has 2 amide bonds. The first-order valence-corrected chi connectivity index (χ1v) is 15.7. The Morgan fingerprint density at radius 1 is 0.932 bits per heavy atom. The number of nitrogens with one attached hydrogen (secondary N) is 1. The number of aromatic hydroxyl groups is 1. The fraction of sp³-hybridized carbons (Fsp3) is 0.471. The quantitative estimate of drug-likeness (QED) is 0.395. The number of amides is 2. The van der Waals surface area contributed by atoms with Crippen LogP contribution in [0.15, 0.2) is 48.5 Å². The molecule has 1 saturated carbocycles. The molecule has 3 aromatic rings. The molecule has 0 spiro atoms. The topological polar surface area (TPSA) is 138 Å². The molecular formula is C34H37N3O7. The number of carboxylic acid groups (broad SMARTS) is 1. The maximum absolute atomic E-state index is 14.2. The van der Waals surface area contributed by atoms with Crippen molar-refractivity contribution >= 4 is 28.9 Å². The Balaban J connectivity index is 1.22. The van der Waals surface area contributed by atoms with Gasteiger partial charge in [-0.1, -0.05) is 49.2 Å². The predicted octanol–water partition coefficient (Wildman–Crippen LogP) is 4.39. The lowest BCUT2D eigenvalue weighted by Gasteiger charge is -2.30. The van der Waals surface area contributed by atoms with Crippen LogP contribution in [0.5, 0.6) is 11.6 Å².